The van der Waals surface area contributed by atoms with Crippen LogP contribution in [-0.2, 0) is 5.60 Å². The largest absolute Gasteiger partial charge is 0.383 e. The second-order valence-electron chi connectivity index (χ2n) is 4.71. The lowest BCUT2D eigenvalue weighted by molar-refractivity contribution is 0.0753. The van der Waals surface area contributed by atoms with E-state index in [2.05, 4.69) is 15.3 Å². The molecule has 3 N–H and O–H groups in total. The standard InChI is InChI=1S/C14H15N3OS/c1-14(18,12-7-4-8-19-12)9-15-13-16-10-5-2-3-6-11(10)17-13/h2-8,18H,9H2,1H3,(H2,15,16,17)/t14-/m0/s1. The van der Waals surface area contributed by atoms with Crippen LogP contribution < -0.4 is 5.32 Å². The first-order valence-corrected chi connectivity index (χ1v) is 6.98. The van der Waals surface area contributed by atoms with E-state index in [-0.39, 0.29) is 0 Å². The van der Waals surface area contributed by atoms with Gasteiger partial charge in [0.05, 0.1) is 17.6 Å². The van der Waals surface area contributed by atoms with Crippen molar-refractivity contribution in [3.05, 3.63) is 46.7 Å². The lowest BCUT2D eigenvalue weighted by atomic mass is 10.1. The van der Waals surface area contributed by atoms with Crippen LogP contribution in [0.3, 0.4) is 0 Å². The number of aliphatic hydroxyl groups is 1. The molecule has 0 aliphatic carbocycles. The number of imidazole rings is 1. The lowest BCUT2D eigenvalue weighted by Crippen LogP contribution is -2.30. The summed E-state index contributed by atoms with van der Waals surface area (Å²) in [6.45, 7) is 2.21. The van der Waals surface area contributed by atoms with Gasteiger partial charge in [-0.05, 0) is 30.5 Å². The number of para-hydroxylation sites is 2. The summed E-state index contributed by atoms with van der Waals surface area (Å²) in [5.41, 5.74) is 1.01. The number of aromatic nitrogens is 2. The van der Waals surface area contributed by atoms with Crippen LogP contribution in [0.15, 0.2) is 41.8 Å². The molecule has 5 heteroatoms. The molecule has 0 aliphatic rings. The Morgan fingerprint density at radius 3 is 2.89 bits per heavy atom. The summed E-state index contributed by atoms with van der Waals surface area (Å²) in [5, 5.41) is 15.5. The van der Waals surface area contributed by atoms with Crippen molar-refractivity contribution in [3.63, 3.8) is 0 Å². The van der Waals surface area contributed by atoms with Crippen LogP contribution in [0.1, 0.15) is 11.8 Å². The Hall–Kier alpha value is -1.85. The normalized spacial score (nSPS) is 14.4. The van der Waals surface area contributed by atoms with Gasteiger partial charge in [0.2, 0.25) is 5.95 Å². The summed E-state index contributed by atoms with van der Waals surface area (Å²) in [6.07, 6.45) is 0. The molecule has 1 atom stereocenters. The summed E-state index contributed by atoms with van der Waals surface area (Å²) in [4.78, 5) is 8.55. The highest BCUT2D eigenvalue weighted by Crippen LogP contribution is 2.25. The van der Waals surface area contributed by atoms with Gasteiger partial charge >= 0.3 is 0 Å². The second-order valence-corrected chi connectivity index (χ2v) is 5.65. The van der Waals surface area contributed by atoms with Crippen molar-refractivity contribution in [3.8, 4) is 0 Å². The van der Waals surface area contributed by atoms with Gasteiger partial charge in [0.1, 0.15) is 5.60 Å². The molecule has 0 spiro atoms. The predicted molar refractivity (Wildman–Crippen MR) is 78.5 cm³/mol. The first kappa shape index (κ1) is 12.2. The second kappa shape index (κ2) is 4.68. The van der Waals surface area contributed by atoms with E-state index in [1.807, 2.05) is 41.8 Å². The molecule has 3 aromatic rings. The number of anilines is 1. The van der Waals surface area contributed by atoms with E-state index in [1.165, 1.54) is 0 Å². The number of rotatable bonds is 4. The third-order valence-corrected chi connectivity index (χ3v) is 4.16. The summed E-state index contributed by atoms with van der Waals surface area (Å²) < 4.78 is 0. The SMILES string of the molecule is C[C@](O)(CNc1nc2ccccc2[nH]1)c1cccs1. The predicted octanol–water partition coefficient (Wildman–Crippen LogP) is 2.94. The highest BCUT2D eigenvalue weighted by Gasteiger charge is 2.24. The van der Waals surface area contributed by atoms with Crippen molar-refractivity contribution in [1.29, 1.82) is 0 Å². The number of aromatic amines is 1. The summed E-state index contributed by atoms with van der Waals surface area (Å²) in [5.74, 6) is 0.679. The molecule has 98 valence electrons. The Kier molecular flexibility index (Phi) is 3.00. The molecule has 0 amide bonds. The zero-order valence-electron chi connectivity index (χ0n) is 10.6. The van der Waals surface area contributed by atoms with Crippen molar-refractivity contribution in [2.45, 2.75) is 12.5 Å². The fraction of sp³-hybridized carbons (Fsp3) is 0.214. The van der Waals surface area contributed by atoms with Crippen LogP contribution in [-0.4, -0.2) is 21.6 Å². The van der Waals surface area contributed by atoms with Crippen LogP contribution in [0.25, 0.3) is 11.0 Å². The highest BCUT2D eigenvalue weighted by molar-refractivity contribution is 7.10. The van der Waals surface area contributed by atoms with Gasteiger partial charge in [0.15, 0.2) is 0 Å². The molecule has 0 saturated heterocycles. The zero-order chi connectivity index (χ0) is 13.3. The average Bonchev–Trinajstić information content (AvgIpc) is 3.05. The fourth-order valence-electron chi connectivity index (χ4n) is 1.96. The zero-order valence-corrected chi connectivity index (χ0v) is 11.4. The van der Waals surface area contributed by atoms with Gasteiger partial charge in [-0.25, -0.2) is 4.98 Å². The maximum Gasteiger partial charge on any atom is 0.201 e. The summed E-state index contributed by atoms with van der Waals surface area (Å²) in [7, 11) is 0. The molecular formula is C14H15N3OS. The van der Waals surface area contributed by atoms with E-state index >= 15 is 0 Å². The van der Waals surface area contributed by atoms with Crippen LogP contribution in [0, 0.1) is 0 Å². The van der Waals surface area contributed by atoms with Gasteiger partial charge in [-0.1, -0.05) is 18.2 Å². The van der Waals surface area contributed by atoms with E-state index in [1.54, 1.807) is 18.3 Å². The Morgan fingerprint density at radius 1 is 1.32 bits per heavy atom. The number of nitrogens with zero attached hydrogens (tertiary/aromatic N) is 1. The molecule has 2 heterocycles. The van der Waals surface area contributed by atoms with Crippen molar-refractivity contribution < 1.29 is 5.11 Å². The van der Waals surface area contributed by atoms with Crippen LogP contribution in [0.4, 0.5) is 5.95 Å². The number of hydrogen-bond acceptors (Lipinski definition) is 4. The van der Waals surface area contributed by atoms with Gasteiger partial charge in [0, 0.05) is 4.88 Å². The van der Waals surface area contributed by atoms with Crippen molar-refractivity contribution >= 4 is 28.3 Å². The average molecular weight is 273 g/mol. The Bertz CT molecular complexity index is 640. The number of thiophene rings is 1. The van der Waals surface area contributed by atoms with Crippen LogP contribution in [0.5, 0.6) is 0 Å². The minimum atomic E-state index is -0.896. The summed E-state index contributed by atoms with van der Waals surface area (Å²) >= 11 is 1.55. The maximum absolute atomic E-state index is 10.4. The first-order valence-electron chi connectivity index (χ1n) is 6.10. The minimum Gasteiger partial charge on any atom is -0.383 e. The lowest BCUT2D eigenvalue weighted by Gasteiger charge is -2.21. The molecule has 0 saturated carbocycles. The number of hydrogen-bond donors (Lipinski definition) is 3. The molecule has 19 heavy (non-hydrogen) atoms. The number of nitrogens with one attached hydrogen (secondary N) is 2. The maximum atomic E-state index is 10.4. The van der Waals surface area contributed by atoms with Crippen LogP contribution >= 0.6 is 11.3 Å². The van der Waals surface area contributed by atoms with Gasteiger partial charge in [-0.2, -0.15) is 0 Å². The van der Waals surface area contributed by atoms with E-state index in [9.17, 15) is 5.11 Å². The summed E-state index contributed by atoms with van der Waals surface area (Å²) in [6, 6.07) is 11.7. The quantitative estimate of drug-likeness (QED) is 0.685. The van der Waals surface area contributed by atoms with E-state index in [0.717, 1.165) is 15.9 Å². The molecule has 0 radical (unpaired) electrons. The van der Waals surface area contributed by atoms with Gasteiger partial charge < -0.3 is 15.4 Å². The molecule has 0 aliphatic heterocycles. The molecule has 1 aromatic carbocycles. The molecule has 0 unspecified atom stereocenters. The number of H-pyrrole nitrogens is 1. The molecule has 2 aromatic heterocycles. The molecule has 3 rings (SSSR count). The molecule has 0 fully saturated rings. The number of fused-ring (bicyclic) bond motifs is 1. The van der Waals surface area contributed by atoms with Crippen molar-refractivity contribution in [2.75, 3.05) is 11.9 Å². The van der Waals surface area contributed by atoms with E-state index in [4.69, 9.17) is 0 Å². The topological polar surface area (TPSA) is 60.9 Å². The molecule has 4 nitrogen and oxygen atoms in total. The third kappa shape index (κ3) is 2.47. The first-order chi connectivity index (χ1) is 9.15. The van der Waals surface area contributed by atoms with Gasteiger partial charge in [-0.15, -0.1) is 11.3 Å². The van der Waals surface area contributed by atoms with E-state index in [0.29, 0.717) is 12.5 Å². The number of benzene rings is 1. The smallest absolute Gasteiger partial charge is 0.201 e. The fourth-order valence-corrected chi connectivity index (χ4v) is 2.75. The van der Waals surface area contributed by atoms with Gasteiger partial charge in [0.25, 0.3) is 0 Å². The van der Waals surface area contributed by atoms with Crippen LogP contribution in [0.2, 0.25) is 0 Å². The van der Waals surface area contributed by atoms with Gasteiger partial charge in [-0.3, -0.25) is 0 Å². The third-order valence-electron chi connectivity index (χ3n) is 3.04. The van der Waals surface area contributed by atoms with Crippen molar-refractivity contribution in [2.24, 2.45) is 0 Å². The van der Waals surface area contributed by atoms with Crippen molar-refractivity contribution in [1.82, 2.24) is 9.97 Å². The highest BCUT2D eigenvalue weighted by atomic mass is 32.1. The Balaban J connectivity index is 1.75. The minimum absolute atomic E-state index is 0.410. The van der Waals surface area contributed by atoms with E-state index < -0.39 is 5.60 Å². The monoisotopic (exact) mass is 273 g/mol. The Labute approximate surface area is 115 Å². The molecular weight excluding hydrogens is 258 g/mol. The molecule has 0 bridgehead atoms. The Morgan fingerprint density at radius 2 is 2.16 bits per heavy atom.